The van der Waals surface area contributed by atoms with Crippen LogP contribution in [0.1, 0.15) is 11.1 Å². The average molecular weight is 359 g/mol. The van der Waals surface area contributed by atoms with Gasteiger partial charge in [-0.1, -0.05) is 71.8 Å². The van der Waals surface area contributed by atoms with Gasteiger partial charge in [-0.05, 0) is 42.3 Å². The van der Waals surface area contributed by atoms with Gasteiger partial charge >= 0.3 is 0 Å². The van der Waals surface area contributed by atoms with Crippen LogP contribution in [0.5, 0.6) is 0 Å². The molecule has 0 saturated carbocycles. The van der Waals surface area contributed by atoms with Crippen LogP contribution in [0.4, 0.5) is 5.82 Å². The van der Waals surface area contributed by atoms with Crippen LogP contribution < -0.4 is 5.32 Å². The van der Waals surface area contributed by atoms with E-state index in [4.69, 9.17) is 16.6 Å². The van der Waals surface area contributed by atoms with Crippen molar-refractivity contribution in [3.63, 3.8) is 0 Å². The summed E-state index contributed by atoms with van der Waals surface area (Å²) in [4.78, 5) is 4.87. The highest BCUT2D eigenvalue weighted by Gasteiger charge is 2.09. The standard InChI is InChI=1S/C23H19ClN2/c1-16-6-10-18(11-7-16)21-14-19-4-2-3-5-22(19)26-23(21)25-15-17-8-12-20(24)13-9-17/h2-14H,15H2,1H3,(H,25,26). The smallest absolute Gasteiger partial charge is 0.134 e. The predicted octanol–water partition coefficient (Wildman–Crippen LogP) is 6.48. The number of rotatable bonds is 4. The summed E-state index contributed by atoms with van der Waals surface area (Å²) in [5.74, 6) is 0.891. The minimum Gasteiger partial charge on any atom is -0.365 e. The van der Waals surface area contributed by atoms with E-state index in [2.05, 4.69) is 48.6 Å². The SMILES string of the molecule is Cc1ccc(-c2cc3ccccc3nc2NCc2ccc(Cl)cc2)cc1. The number of anilines is 1. The normalized spacial score (nSPS) is 10.8. The molecule has 1 aromatic heterocycles. The lowest BCUT2D eigenvalue weighted by atomic mass is 10.0. The molecule has 128 valence electrons. The minimum atomic E-state index is 0.696. The third-order valence-corrected chi connectivity index (χ3v) is 4.71. The maximum absolute atomic E-state index is 5.98. The Labute approximate surface area is 158 Å². The van der Waals surface area contributed by atoms with Crippen molar-refractivity contribution < 1.29 is 0 Å². The van der Waals surface area contributed by atoms with Gasteiger partial charge in [0.15, 0.2) is 0 Å². The van der Waals surface area contributed by atoms with Gasteiger partial charge in [0.25, 0.3) is 0 Å². The van der Waals surface area contributed by atoms with Crippen LogP contribution in [-0.4, -0.2) is 4.98 Å². The van der Waals surface area contributed by atoms with E-state index in [0.717, 1.165) is 32.9 Å². The van der Waals surface area contributed by atoms with Crippen LogP contribution in [0.25, 0.3) is 22.0 Å². The monoisotopic (exact) mass is 358 g/mol. The van der Waals surface area contributed by atoms with Crippen molar-refractivity contribution >= 4 is 28.3 Å². The number of halogens is 1. The summed E-state index contributed by atoms with van der Waals surface area (Å²) in [7, 11) is 0. The van der Waals surface area contributed by atoms with Gasteiger partial charge in [-0.2, -0.15) is 0 Å². The molecule has 3 aromatic carbocycles. The van der Waals surface area contributed by atoms with Crippen molar-refractivity contribution in [3.05, 3.63) is 95.0 Å². The molecule has 0 bridgehead atoms. The van der Waals surface area contributed by atoms with Gasteiger partial charge in [0.05, 0.1) is 5.52 Å². The molecule has 0 unspecified atom stereocenters. The molecule has 4 rings (SSSR count). The summed E-state index contributed by atoms with van der Waals surface area (Å²) >= 11 is 5.98. The number of aryl methyl sites for hydroxylation is 1. The quantitative estimate of drug-likeness (QED) is 0.451. The zero-order chi connectivity index (χ0) is 17.9. The van der Waals surface area contributed by atoms with E-state index in [-0.39, 0.29) is 0 Å². The number of fused-ring (bicyclic) bond motifs is 1. The second kappa shape index (κ2) is 7.19. The first kappa shape index (κ1) is 16.6. The van der Waals surface area contributed by atoms with Gasteiger partial charge in [-0.25, -0.2) is 4.98 Å². The van der Waals surface area contributed by atoms with Crippen molar-refractivity contribution in [3.8, 4) is 11.1 Å². The fourth-order valence-corrected chi connectivity index (χ4v) is 3.12. The highest BCUT2D eigenvalue weighted by atomic mass is 35.5. The molecule has 3 heteroatoms. The maximum Gasteiger partial charge on any atom is 0.134 e. The third-order valence-electron chi connectivity index (χ3n) is 4.46. The minimum absolute atomic E-state index is 0.696. The van der Waals surface area contributed by atoms with Crippen molar-refractivity contribution in [2.45, 2.75) is 13.5 Å². The van der Waals surface area contributed by atoms with Gasteiger partial charge < -0.3 is 5.32 Å². The Morgan fingerprint density at radius 3 is 2.38 bits per heavy atom. The molecule has 0 aliphatic carbocycles. The molecule has 1 N–H and O–H groups in total. The Bertz CT molecular complexity index is 1040. The van der Waals surface area contributed by atoms with Crippen LogP contribution in [0.15, 0.2) is 78.9 Å². The first-order valence-corrected chi connectivity index (χ1v) is 9.02. The van der Waals surface area contributed by atoms with Gasteiger partial charge in [-0.15, -0.1) is 0 Å². The Morgan fingerprint density at radius 2 is 1.62 bits per heavy atom. The Kier molecular flexibility index (Phi) is 4.59. The topological polar surface area (TPSA) is 24.9 Å². The van der Waals surface area contributed by atoms with Gasteiger partial charge in [0.2, 0.25) is 0 Å². The van der Waals surface area contributed by atoms with Crippen LogP contribution in [0, 0.1) is 6.92 Å². The largest absolute Gasteiger partial charge is 0.365 e. The zero-order valence-electron chi connectivity index (χ0n) is 14.5. The van der Waals surface area contributed by atoms with Crippen molar-refractivity contribution in [2.24, 2.45) is 0 Å². The van der Waals surface area contributed by atoms with E-state index >= 15 is 0 Å². The first-order chi connectivity index (χ1) is 12.7. The molecule has 2 nitrogen and oxygen atoms in total. The molecular weight excluding hydrogens is 340 g/mol. The molecule has 0 aliphatic heterocycles. The first-order valence-electron chi connectivity index (χ1n) is 8.64. The lowest BCUT2D eigenvalue weighted by molar-refractivity contribution is 1.12. The van der Waals surface area contributed by atoms with E-state index in [9.17, 15) is 0 Å². The number of pyridine rings is 1. The van der Waals surface area contributed by atoms with Gasteiger partial charge in [-0.3, -0.25) is 0 Å². The van der Waals surface area contributed by atoms with E-state index in [1.807, 2.05) is 42.5 Å². The van der Waals surface area contributed by atoms with E-state index in [0.29, 0.717) is 6.54 Å². The van der Waals surface area contributed by atoms with Crippen molar-refractivity contribution in [1.29, 1.82) is 0 Å². The second-order valence-corrected chi connectivity index (χ2v) is 6.86. The Hall–Kier alpha value is -2.84. The Morgan fingerprint density at radius 1 is 0.885 bits per heavy atom. The van der Waals surface area contributed by atoms with Gasteiger partial charge in [0, 0.05) is 22.5 Å². The molecule has 1 heterocycles. The molecular formula is C23H19ClN2. The molecule has 0 saturated heterocycles. The molecule has 0 fully saturated rings. The number of nitrogens with one attached hydrogen (secondary N) is 1. The summed E-state index contributed by atoms with van der Waals surface area (Å²) in [6.07, 6.45) is 0. The van der Waals surface area contributed by atoms with E-state index in [1.165, 1.54) is 11.1 Å². The molecule has 4 aromatic rings. The van der Waals surface area contributed by atoms with Crippen molar-refractivity contribution in [1.82, 2.24) is 4.98 Å². The number of para-hydroxylation sites is 1. The van der Waals surface area contributed by atoms with E-state index < -0.39 is 0 Å². The molecule has 0 atom stereocenters. The predicted molar refractivity (Wildman–Crippen MR) is 111 cm³/mol. The molecule has 0 radical (unpaired) electrons. The van der Waals surface area contributed by atoms with Crippen LogP contribution in [0.3, 0.4) is 0 Å². The van der Waals surface area contributed by atoms with Crippen LogP contribution in [-0.2, 0) is 6.54 Å². The van der Waals surface area contributed by atoms with E-state index in [1.54, 1.807) is 0 Å². The maximum atomic E-state index is 5.98. The summed E-state index contributed by atoms with van der Waals surface area (Å²) in [6.45, 7) is 2.80. The summed E-state index contributed by atoms with van der Waals surface area (Å²) in [5.41, 5.74) is 5.67. The zero-order valence-corrected chi connectivity index (χ0v) is 15.3. The van der Waals surface area contributed by atoms with Crippen molar-refractivity contribution in [2.75, 3.05) is 5.32 Å². The molecule has 0 amide bonds. The summed E-state index contributed by atoms with van der Waals surface area (Å²) in [6, 6.07) is 26.9. The Balaban J connectivity index is 1.74. The van der Waals surface area contributed by atoms with Crippen LogP contribution >= 0.6 is 11.6 Å². The molecule has 0 aliphatic rings. The third kappa shape index (κ3) is 3.56. The number of benzene rings is 3. The lowest BCUT2D eigenvalue weighted by Crippen LogP contribution is -2.03. The highest BCUT2D eigenvalue weighted by Crippen LogP contribution is 2.30. The average Bonchev–Trinajstić information content (AvgIpc) is 2.67. The number of aromatic nitrogens is 1. The molecule has 26 heavy (non-hydrogen) atoms. The summed E-state index contributed by atoms with van der Waals surface area (Å²) < 4.78 is 0. The second-order valence-electron chi connectivity index (χ2n) is 6.42. The summed E-state index contributed by atoms with van der Waals surface area (Å²) in [5, 5.41) is 5.39. The fourth-order valence-electron chi connectivity index (χ4n) is 2.99. The molecule has 0 spiro atoms. The van der Waals surface area contributed by atoms with Crippen LogP contribution in [0.2, 0.25) is 5.02 Å². The number of hydrogen-bond donors (Lipinski definition) is 1. The lowest BCUT2D eigenvalue weighted by Gasteiger charge is -2.13. The number of nitrogens with zero attached hydrogens (tertiary/aromatic N) is 1. The fraction of sp³-hybridized carbons (Fsp3) is 0.0870. The number of hydrogen-bond acceptors (Lipinski definition) is 2. The highest BCUT2D eigenvalue weighted by molar-refractivity contribution is 6.30. The van der Waals surface area contributed by atoms with Gasteiger partial charge in [0.1, 0.15) is 5.82 Å².